The van der Waals surface area contributed by atoms with Crippen LogP contribution in [0, 0.1) is 0 Å². The summed E-state index contributed by atoms with van der Waals surface area (Å²) < 4.78 is 0. The van der Waals surface area contributed by atoms with Gasteiger partial charge >= 0.3 is 0 Å². The number of unbranched alkanes of at least 4 members (excludes halogenated alkanes) is 1. The Morgan fingerprint density at radius 3 is 2.27 bits per heavy atom. The minimum Gasteiger partial charge on any atom is -0.0727 e. The molecule has 0 bridgehead atoms. The van der Waals surface area contributed by atoms with Crippen molar-refractivity contribution in [3.05, 3.63) is 41.5 Å². The summed E-state index contributed by atoms with van der Waals surface area (Å²) in [6.07, 6.45) is 6.08. The standard InChI is InChI=1S/C13H18.C2H6/c1-3-4-8-12(2)11-13-9-6-5-7-10-13;1-2/h5-7,9-11H,3-4,8H2,1-2H3;1-2H3/b12-11+;. The van der Waals surface area contributed by atoms with Crippen LogP contribution in [0.15, 0.2) is 35.9 Å². The van der Waals surface area contributed by atoms with Crippen LogP contribution >= 0.6 is 0 Å². The molecule has 0 heteroatoms. The molecule has 1 aromatic rings. The van der Waals surface area contributed by atoms with Crippen LogP contribution in [0.5, 0.6) is 0 Å². The van der Waals surface area contributed by atoms with Crippen molar-refractivity contribution in [3.8, 4) is 0 Å². The predicted octanol–water partition coefficient (Wildman–Crippen LogP) is 5.31. The van der Waals surface area contributed by atoms with Gasteiger partial charge in [0.15, 0.2) is 0 Å². The molecule has 0 aromatic heterocycles. The van der Waals surface area contributed by atoms with Gasteiger partial charge in [-0.15, -0.1) is 0 Å². The summed E-state index contributed by atoms with van der Waals surface area (Å²) in [5.74, 6) is 0. The summed E-state index contributed by atoms with van der Waals surface area (Å²) >= 11 is 0. The van der Waals surface area contributed by atoms with E-state index in [0.29, 0.717) is 0 Å². The van der Waals surface area contributed by atoms with E-state index in [1.807, 2.05) is 13.8 Å². The van der Waals surface area contributed by atoms with Crippen molar-refractivity contribution in [1.29, 1.82) is 0 Å². The summed E-state index contributed by atoms with van der Waals surface area (Å²) in [4.78, 5) is 0. The molecule has 84 valence electrons. The maximum Gasteiger partial charge on any atom is -0.0257 e. The van der Waals surface area contributed by atoms with Crippen LogP contribution in [0.25, 0.3) is 6.08 Å². The van der Waals surface area contributed by atoms with Crippen LogP contribution in [0.3, 0.4) is 0 Å². The Kier molecular flexibility index (Phi) is 8.85. The van der Waals surface area contributed by atoms with E-state index in [9.17, 15) is 0 Å². The molecule has 0 nitrogen and oxygen atoms in total. The minimum atomic E-state index is 1.23. The molecule has 0 heterocycles. The van der Waals surface area contributed by atoms with E-state index in [2.05, 4.69) is 50.3 Å². The van der Waals surface area contributed by atoms with Crippen molar-refractivity contribution in [2.75, 3.05) is 0 Å². The van der Waals surface area contributed by atoms with E-state index in [4.69, 9.17) is 0 Å². The molecular formula is C15H24. The first-order chi connectivity index (χ1) is 7.33. The van der Waals surface area contributed by atoms with Gasteiger partial charge in [0.2, 0.25) is 0 Å². The van der Waals surface area contributed by atoms with Crippen LogP contribution in [0.4, 0.5) is 0 Å². The normalized spacial score (nSPS) is 10.5. The van der Waals surface area contributed by atoms with E-state index >= 15 is 0 Å². The van der Waals surface area contributed by atoms with Crippen molar-refractivity contribution in [2.45, 2.75) is 47.0 Å². The van der Waals surface area contributed by atoms with Gasteiger partial charge in [0.1, 0.15) is 0 Å². The SMILES string of the molecule is CC.CCCC/C(C)=C/c1ccccc1. The van der Waals surface area contributed by atoms with E-state index in [1.54, 1.807) is 0 Å². The molecule has 0 aliphatic carbocycles. The highest BCUT2D eigenvalue weighted by atomic mass is 14.0. The molecule has 1 rings (SSSR count). The molecule has 0 saturated carbocycles. The van der Waals surface area contributed by atoms with Gasteiger partial charge < -0.3 is 0 Å². The number of benzene rings is 1. The molecule has 0 aliphatic heterocycles. The van der Waals surface area contributed by atoms with Gasteiger partial charge in [-0.25, -0.2) is 0 Å². The first kappa shape index (κ1) is 14.0. The van der Waals surface area contributed by atoms with E-state index in [-0.39, 0.29) is 0 Å². The second-order valence-corrected chi connectivity index (χ2v) is 3.50. The molecule has 0 N–H and O–H groups in total. The highest BCUT2D eigenvalue weighted by molar-refractivity contribution is 5.51. The zero-order valence-corrected chi connectivity index (χ0v) is 10.6. The largest absolute Gasteiger partial charge is 0.0727 e. The maximum atomic E-state index is 2.27. The van der Waals surface area contributed by atoms with Crippen molar-refractivity contribution < 1.29 is 0 Å². The predicted molar refractivity (Wildman–Crippen MR) is 71.0 cm³/mol. The average molecular weight is 204 g/mol. The van der Waals surface area contributed by atoms with Crippen molar-refractivity contribution in [3.63, 3.8) is 0 Å². The number of allylic oxidation sites excluding steroid dienone is 1. The molecule has 0 saturated heterocycles. The van der Waals surface area contributed by atoms with Crippen LogP contribution < -0.4 is 0 Å². The Morgan fingerprint density at radius 1 is 1.13 bits per heavy atom. The Morgan fingerprint density at radius 2 is 1.73 bits per heavy atom. The van der Waals surface area contributed by atoms with Gasteiger partial charge in [-0.3, -0.25) is 0 Å². The fraction of sp³-hybridized carbons (Fsp3) is 0.467. The van der Waals surface area contributed by atoms with Gasteiger partial charge in [-0.05, 0) is 25.3 Å². The molecule has 0 fully saturated rings. The highest BCUT2D eigenvalue weighted by Gasteiger charge is 1.90. The maximum absolute atomic E-state index is 2.27. The lowest BCUT2D eigenvalue weighted by molar-refractivity contribution is 0.790. The second-order valence-electron chi connectivity index (χ2n) is 3.50. The van der Waals surface area contributed by atoms with Crippen LogP contribution in [-0.4, -0.2) is 0 Å². The Hall–Kier alpha value is -1.04. The molecule has 0 unspecified atom stereocenters. The summed E-state index contributed by atoms with van der Waals surface area (Å²) in [6, 6.07) is 10.5. The molecule has 1 aromatic carbocycles. The number of rotatable bonds is 4. The molecule has 0 amide bonds. The summed E-state index contributed by atoms with van der Waals surface area (Å²) in [5, 5.41) is 0. The van der Waals surface area contributed by atoms with Crippen LogP contribution in [0.1, 0.15) is 52.5 Å². The highest BCUT2D eigenvalue weighted by Crippen LogP contribution is 2.11. The first-order valence-corrected chi connectivity index (χ1v) is 6.05. The van der Waals surface area contributed by atoms with Gasteiger partial charge in [0.25, 0.3) is 0 Å². The zero-order valence-electron chi connectivity index (χ0n) is 10.6. The number of hydrogen-bond donors (Lipinski definition) is 0. The lowest BCUT2D eigenvalue weighted by Gasteiger charge is -1.99. The van der Waals surface area contributed by atoms with E-state index in [0.717, 1.165) is 0 Å². The quantitative estimate of drug-likeness (QED) is 0.623. The molecule has 0 aliphatic rings. The zero-order chi connectivity index (χ0) is 11.5. The number of hydrogen-bond acceptors (Lipinski definition) is 0. The molecule has 0 radical (unpaired) electrons. The fourth-order valence-corrected chi connectivity index (χ4v) is 1.36. The van der Waals surface area contributed by atoms with Gasteiger partial charge in [0, 0.05) is 0 Å². The third kappa shape index (κ3) is 6.96. The summed E-state index contributed by atoms with van der Waals surface area (Å²) in [5.41, 5.74) is 2.80. The summed E-state index contributed by atoms with van der Waals surface area (Å²) in [6.45, 7) is 8.44. The Labute approximate surface area is 95.0 Å². The second kappa shape index (κ2) is 9.51. The minimum absolute atomic E-state index is 1.23. The molecular weight excluding hydrogens is 180 g/mol. The van der Waals surface area contributed by atoms with E-state index < -0.39 is 0 Å². The molecule has 15 heavy (non-hydrogen) atoms. The van der Waals surface area contributed by atoms with Gasteiger partial charge in [0.05, 0.1) is 0 Å². The Balaban J connectivity index is 0.000000921. The van der Waals surface area contributed by atoms with Crippen LogP contribution in [-0.2, 0) is 0 Å². The van der Waals surface area contributed by atoms with Crippen molar-refractivity contribution >= 4 is 6.08 Å². The molecule has 0 atom stereocenters. The van der Waals surface area contributed by atoms with Gasteiger partial charge in [-0.2, -0.15) is 0 Å². The monoisotopic (exact) mass is 204 g/mol. The fourth-order valence-electron chi connectivity index (χ4n) is 1.36. The smallest absolute Gasteiger partial charge is 0.0257 e. The third-order valence-corrected chi connectivity index (χ3v) is 2.14. The van der Waals surface area contributed by atoms with Crippen molar-refractivity contribution in [2.24, 2.45) is 0 Å². The third-order valence-electron chi connectivity index (χ3n) is 2.14. The lowest BCUT2D eigenvalue weighted by Crippen LogP contribution is -1.78. The average Bonchev–Trinajstić information content (AvgIpc) is 2.30. The first-order valence-electron chi connectivity index (χ1n) is 6.05. The van der Waals surface area contributed by atoms with Crippen molar-refractivity contribution in [1.82, 2.24) is 0 Å². The van der Waals surface area contributed by atoms with E-state index in [1.165, 1.54) is 30.4 Å². The lowest BCUT2D eigenvalue weighted by atomic mass is 10.1. The Bertz CT molecular complexity index is 257. The molecule has 0 spiro atoms. The van der Waals surface area contributed by atoms with Gasteiger partial charge in [-0.1, -0.05) is 69.2 Å². The summed E-state index contributed by atoms with van der Waals surface area (Å²) in [7, 11) is 0. The topological polar surface area (TPSA) is 0 Å². The van der Waals surface area contributed by atoms with Crippen LogP contribution in [0.2, 0.25) is 0 Å².